The van der Waals surface area contributed by atoms with Crippen molar-refractivity contribution in [2.45, 2.75) is 18.9 Å². The molecule has 134 valence electrons. The van der Waals surface area contributed by atoms with Gasteiger partial charge in [-0.3, -0.25) is 0 Å². The summed E-state index contributed by atoms with van der Waals surface area (Å²) in [6.45, 7) is 1.04. The van der Waals surface area contributed by atoms with E-state index < -0.39 is 0 Å². The average Bonchev–Trinajstić information content (AvgIpc) is 2.59. The summed E-state index contributed by atoms with van der Waals surface area (Å²) in [6, 6.07) is 16.4. The molecule has 0 radical (unpaired) electrons. The Kier molecular flexibility index (Phi) is 7.41. The van der Waals surface area contributed by atoms with E-state index in [0.717, 1.165) is 18.4 Å². The summed E-state index contributed by atoms with van der Waals surface area (Å²) in [5.74, 6) is -0.269. The van der Waals surface area contributed by atoms with Crippen LogP contribution in [0.2, 0.25) is 0 Å². The number of likely N-dealkylation sites (N-methyl/N-ethyl adjacent to an activating group) is 1. The van der Waals surface area contributed by atoms with Crippen LogP contribution < -0.4 is 10.6 Å². The second kappa shape index (κ2) is 9.79. The van der Waals surface area contributed by atoms with Crippen LogP contribution in [-0.2, 0) is 6.42 Å². The smallest absolute Gasteiger partial charge is 0.314 e. The number of rotatable bonds is 8. The van der Waals surface area contributed by atoms with E-state index in [9.17, 15) is 9.18 Å². The number of nitrogens with zero attached hydrogens (tertiary/aromatic N) is 1. The molecule has 0 saturated heterocycles. The summed E-state index contributed by atoms with van der Waals surface area (Å²) in [4.78, 5) is 13.9. The Morgan fingerprint density at radius 1 is 1.08 bits per heavy atom. The predicted molar refractivity (Wildman–Crippen MR) is 99.0 cm³/mol. The first-order valence-electron chi connectivity index (χ1n) is 8.54. The second-order valence-corrected chi connectivity index (χ2v) is 6.26. The standard InChI is InChI=1S/C20H26FN3O/c1-24(2)19(17-11-6-12-18(21)14-17)15-23-20(25)22-13-7-10-16-8-4-3-5-9-16/h3-6,8-9,11-12,14,19H,7,10,13,15H2,1-2H3,(H2,22,23,25). The molecule has 0 aliphatic carbocycles. The number of hydrogen-bond acceptors (Lipinski definition) is 2. The van der Waals surface area contributed by atoms with Gasteiger partial charge in [0.05, 0.1) is 6.04 Å². The van der Waals surface area contributed by atoms with E-state index in [1.807, 2.05) is 43.3 Å². The molecule has 0 fully saturated rings. The molecule has 0 heterocycles. The molecule has 2 aromatic carbocycles. The highest BCUT2D eigenvalue weighted by Crippen LogP contribution is 2.18. The van der Waals surface area contributed by atoms with Gasteiger partial charge in [0, 0.05) is 13.1 Å². The van der Waals surface area contributed by atoms with E-state index in [4.69, 9.17) is 0 Å². The number of amides is 2. The molecule has 1 atom stereocenters. The van der Waals surface area contributed by atoms with Crippen molar-refractivity contribution in [2.75, 3.05) is 27.2 Å². The van der Waals surface area contributed by atoms with Crippen LogP contribution in [0.5, 0.6) is 0 Å². The zero-order valence-corrected chi connectivity index (χ0v) is 14.8. The lowest BCUT2D eigenvalue weighted by Crippen LogP contribution is -2.40. The molecule has 0 aliphatic rings. The van der Waals surface area contributed by atoms with Crippen molar-refractivity contribution < 1.29 is 9.18 Å². The monoisotopic (exact) mass is 343 g/mol. The van der Waals surface area contributed by atoms with Crippen LogP contribution in [0, 0.1) is 5.82 Å². The SMILES string of the molecule is CN(C)C(CNC(=O)NCCCc1ccccc1)c1cccc(F)c1. The molecule has 0 aromatic heterocycles. The molecular weight excluding hydrogens is 317 g/mol. The lowest BCUT2D eigenvalue weighted by Gasteiger charge is -2.25. The summed E-state index contributed by atoms with van der Waals surface area (Å²) < 4.78 is 13.4. The minimum atomic E-state index is -0.269. The van der Waals surface area contributed by atoms with Crippen molar-refractivity contribution in [3.8, 4) is 0 Å². The van der Waals surface area contributed by atoms with Crippen molar-refractivity contribution in [1.82, 2.24) is 15.5 Å². The third-order valence-corrected chi connectivity index (χ3v) is 4.08. The van der Waals surface area contributed by atoms with E-state index in [1.165, 1.54) is 17.7 Å². The van der Waals surface area contributed by atoms with Gasteiger partial charge in [0.25, 0.3) is 0 Å². The van der Waals surface area contributed by atoms with Crippen LogP contribution in [-0.4, -0.2) is 38.1 Å². The van der Waals surface area contributed by atoms with Gasteiger partial charge in [-0.05, 0) is 50.2 Å². The zero-order valence-electron chi connectivity index (χ0n) is 14.8. The van der Waals surface area contributed by atoms with Gasteiger partial charge in [-0.25, -0.2) is 9.18 Å². The Morgan fingerprint density at radius 2 is 1.84 bits per heavy atom. The van der Waals surface area contributed by atoms with Crippen LogP contribution in [0.4, 0.5) is 9.18 Å². The first-order chi connectivity index (χ1) is 12.1. The third-order valence-electron chi connectivity index (χ3n) is 4.08. The molecule has 1 unspecified atom stereocenters. The summed E-state index contributed by atoms with van der Waals surface area (Å²) in [5.41, 5.74) is 2.11. The highest BCUT2D eigenvalue weighted by Gasteiger charge is 2.15. The second-order valence-electron chi connectivity index (χ2n) is 6.26. The van der Waals surface area contributed by atoms with Crippen LogP contribution in [0.3, 0.4) is 0 Å². The van der Waals surface area contributed by atoms with Gasteiger partial charge >= 0.3 is 6.03 Å². The number of benzene rings is 2. The fourth-order valence-electron chi connectivity index (χ4n) is 2.70. The molecule has 0 saturated carbocycles. The van der Waals surface area contributed by atoms with Gasteiger partial charge in [-0.2, -0.15) is 0 Å². The van der Waals surface area contributed by atoms with E-state index in [2.05, 4.69) is 22.8 Å². The van der Waals surface area contributed by atoms with Crippen molar-refractivity contribution >= 4 is 6.03 Å². The fourth-order valence-corrected chi connectivity index (χ4v) is 2.70. The maximum absolute atomic E-state index is 13.4. The Balaban J connectivity index is 1.73. The first kappa shape index (κ1) is 18.9. The van der Waals surface area contributed by atoms with E-state index >= 15 is 0 Å². The molecule has 2 N–H and O–H groups in total. The van der Waals surface area contributed by atoms with Crippen molar-refractivity contribution in [2.24, 2.45) is 0 Å². The molecule has 2 rings (SSSR count). The Labute approximate surface area is 149 Å². The molecule has 0 bridgehead atoms. The number of nitrogens with one attached hydrogen (secondary N) is 2. The number of halogens is 1. The Morgan fingerprint density at radius 3 is 2.52 bits per heavy atom. The van der Waals surface area contributed by atoms with Crippen molar-refractivity contribution in [3.05, 3.63) is 71.5 Å². The molecule has 0 aliphatic heterocycles. The van der Waals surface area contributed by atoms with Crippen LogP contribution in [0.25, 0.3) is 0 Å². The van der Waals surface area contributed by atoms with Crippen molar-refractivity contribution in [3.63, 3.8) is 0 Å². The number of carbonyl (C=O) groups excluding carboxylic acids is 1. The van der Waals surface area contributed by atoms with Gasteiger partial charge in [0.1, 0.15) is 5.82 Å². The van der Waals surface area contributed by atoms with Gasteiger partial charge in [0.2, 0.25) is 0 Å². The zero-order chi connectivity index (χ0) is 18.1. The average molecular weight is 343 g/mol. The molecule has 5 heteroatoms. The first-order valence-corrected chi connectivity index (χ1v) is 8.54. The van der Waals surface area contributed by atoms with Crippen molar-refractivity contribution in [1.29, 1.82) is 0 Å². The van der Waals surface area contributed by atoms with E-state index in [0.29, 0.717) is 13.1 Å². The van der Waals surface area contributed by atoms with E-state index in [1.54, 1.807) is 6.07 Å². The third kappa shape index (κ3) is 6.55. The van der Waals surface area contributed by atoms with Crippen LogP contribution in [0.1, 0.15) is 23.6 Å². The number of carbonyl (C=O) groups is 1. The lowest BCUT2D eigenvalue weighted by atomic mass is 10.1. The number of hydrogen-bond donors (Lipinski definition) is 2. The summed E-state index contributed by atoms with van der Waals surface area (Å²) in [5, 5.41) is 5.73. The number of urea groups is 1. The Hall–Kier alpha value is -2.40. The van der Waals surface area contributed by atoms with Gasteiger partial charge < -0.3 is 15.5 Å². The lowest BCUT2D eigenvalue weighted by molar-refractivity contribution is 0.232. The molecule has 25 heavy (non-hydrogen) atoms. The maximum atomic E-state index is 13.4. The highest BCUT2D eigenvalue weighted by atomic mass is 19.1. The predicted octanol–water partition coefficient (Wildman–Crippen LogP) is 3.36. The maximum Gasteiger partial charge on any atom is 0.314 e. The topological polar surface area (TPSA) is 44.4 Å². The largest absolute Gasteiger partial charge is 0.338 e. The highest BCUT2D eigenvalue weighted by molar-refractivity contribution is 5.73. The summed E-state index contributed by atoms with van der Waals surface area (Å²) >= 11 is 0. The van der Waals surface area contributed by atoms with Crippen LogP contribution in [0.15, 0.2) is 54.6 Å². The molecule has 2 amide bonds. The number of aryl methyl sites for hydroxylation is 1. The summed E-state index contributed by atoms with van der Waals surface area (Å²) in [6.07, 6.45) is 1.82. The van der Waals surface area contributed by atoms with Gasteiger partial charge in [-0.15, -0.1) is 0 Å². The Bertz CT molecular complexity index is 661. The molecule has 0 spiro atoms. The summed E-state index contributed by atoms with van der Waals surface area (Å²) in [7, 11) is 3.82. The fraction of sp³-hybridized carbons (Fsp3) is 0.350. The molecule has 2 aromatic rings. The quantitative estimate of drug-likeness (QED) is 0.722. The van der Waals surface area contributed by atoms with Crippen LogP contribution >= 0.6 is 0 Å². The minimum absolute atomic E-state index is 0.0780. The molecular formula is C20H26FN3O. The molecule has 4 nitrogen and oxygen atoms in total. The van der Waals surface area contributed by atoms with Gasteiger partial charge in [0.15, 0.2) is 0 Å². The minimum Gasteiger partial charge on any atom is -0.338 e. The van der Waals surface area contributed by atoms with Gasteiger partial charge in [-0.1, -0.05) is 42.5 Å². The normalized spacial score (nSPS) is 12.0. The van der Waals surface area contributed by atoms with E-state index in [-0.39, 0.29) is 17.9 Å².